The second-order valence-corrected chi connectivity index (χ2v) is 6.30. The number of carbonyl (C=O) groups excluding carboxylic acids is 1. The van der Waals surface area contributed by atoms with Crippen LogP contribution < -0.4 is 0 Å². The molecule has 0 bridgehead atoms. The van der Waals surface area contributed by atoms with E-state index >= 15 is 0 Å². The minimum atomic E-state index is -0.241. The minimum Gasteiger partial charge on any atom is -0.462 e. The first-order valence-corrected chi connectivity index (χ1v) is 8.77. The van der Waals surface area contributed by atoms with Gasteiger partial charge in [-0.25, -0.2) is 4.79 Å². The van der Waals surface area contributed by atoms with Gasteiger partial charge >= 0.3 is 5.97 Å². The third-order valence-electron chi connectivity index (χ3n) is 4.65. The summed E-state index contributed by atoms with van der Waals surface area (Å²) >= 11 is 0. The Labute approximate surface area is 137 Å². The number of hydrogen-bond acceptors (Lipinski definition) is 3. The highest BCUT2D eigenvalue weighted by atomic mass is 16.5. The molecular weight excluding hydrogens is 288 g/mol. The first-order chi connectivity index (χ1) is 11.3. The van der Waals surface area contributed by atoms with E-state index in [2.05, 4.69) is 16.1 Å². The second kappa shape index (κ2) is 7.64. The lowest BCUT2D eigenvalue weighted by molar-refractivity contribution is 0.0526. The molecular formula is C19H26N2O2. The molecule has 1 aromatic heterocycles. The minimum absolute atomic E-state index is 0.241. The molecule has 1 N–H and O–H groups in total. The normalized spacial score (nSPS) is 15.9. The number of carbonyl (C=O) groups is 1. The SMILES string of the molecule is CCOC(=O)c1ccc2[nH]cc(CCCN3CCCCC3)c2c1. The van der Waals surface area contributed by atoms with E-state index in [4.69, 9.17) is 4.74 Å². The Morgan fingerprint density at radius 2 is 2.09 bits per heavy atom. The van der Waals surface area contributed by atoms with Crippen molar-refractivity contribution in [3.8, 4) is 0 Å². The van der Waals surface area contributed by atoms with Gasteiger partial charge in [0.05, 0.1) is 12.2 Å². The van der Waals surface area contributed by atoms with Crippen molar-refractivity contribution in [3.63, 3.8) is 0 Å². The third-order valence-corrected chi connectivity index (χ3v) is 4.65. The van der Waals surface area contributed by atoms with Crippen LogP contribution in [0.4, 0.5) is 0 Å². The van der Waals surface area contributed by atoms with Crippen molar-refractivity contribution in [2.75, 3.05) is 26.2 Å². The highest BCUT2D eigenvalue weighted by Gasteiger charge is 2.12. The van der Waals surface area contributed by atoms with Crippen LogP contribution in [0.5, 0.6) is 0 Å². The van der Waals surface area contributed by atoms with Crippen molar-refractivity contribution in [2.24, 2.45) is 0 Å². The quantitative estimate of drug-likeness (QED) is 0.826. The first kappa shape index (κ1) is 16.1. The first-order valence-electron chi connectivity index (χ1n) is 8.77. The number of H-pyrrole nitrogens is 1. The standard InChI is InChI=1S/C19H26N2O2/c1-2-23-19(22)15-8-9-18-17(13-15)16(14-20-18)7-6-12-21-10-4-3-5-11-21/h8-9,13-14,20H,2-7,10-12H2,1H3. The van der Waals surface area contributed by atoms with Crippen LogP contribution in [0.15, 0.2) is 24.4 Å². The molecule has 0 aliphatic carbocycles. The van der Waals surface area contributed by atoms with Crippen LogP contribution in [-0.2, 0) is 11.2 Å². The molecule has 1 aliphatic heterocycles. The molecule has 1 fully saturated rings. The maximum atomic E-state index is 11.9. The Hall–Kier alpha value is -1.81. The Kier molecular flexibility index (Phi) is 5.34. The molecule has 124 valence electrons. The number of esters is 1. The zero-order valence-corrected chi connectivity index (χ0v) is 13.9. The fraction of sp³-hybridized carbons (Fsp3) is 0.526. The number of aromatic amines is 1. The number of rotatable bonds is 6. The van der Waals surface area contributed by atoms with E-state index in [-0.39, 0.29) is 5.97 Å². The Morgan fingerprint density at radius 1 is 1.26 bits per heavy atom. The van der Waals surface area contributed by atoms with Crippen LogP contribution in [0.2, 0.25) is 0 Å². The largest absolute Gasteiger partial charge is 0.462 e. The predicted octanol–water partition coefficient (Wildman–Crippen LogP) is 3.76. The van der Waals surface area contributed by atoms with Gasteiger partial charge < -0.3 is 14.6 Å². The van der Waals surface area contributed by atoms with E-state index in [9.17, 15) is 4.79 Å². The van der Waals surface area contributed by atoms with Gasteiger partial charge in [-0.15, -0.1) is 0 Å². The molecule has 3 rings (SSSR count). The third kappa shape index (κ3) is 3.94. The lowest BCUT2D eigenvalue weighted by Crippen LogP contribution is -2.30. The van der Waals surface area contributed by atoms with Gasteiger partial charge in [0.15, 0.2) is 0 Å². The number of piperidine rings is 1. The molecule has 0 radical (unpaired) electrons. The fourth-order valence-corrected chi connectivity index (χ4v) is 3.40. The summed E-state index contributed by atoms with van der Waals surface area (Å²) < 4.78 is 5.10. The number of nitrogens with one attached hydrogen (secondary N) is 1. The van der Waals surface area contributed by atoms with Crippen LogP contribution in [0.3, 0.4) is 0 Å². The van der Waals surface area contributed by atoms with Gasteiger partial charge in [0.25, 0.3) is 0 Å². The molecule has 0 saturated carbocycles. The monoisotopic (exact) mass is 314 g/mol. The van der Waals surface area contributed by atoms with Crippen LogP contribution in [0, 0.1) is 0 Å². The average molecular weight is 314 g/mol. The van der Waals surface area contributed by atoms with Crippen molar-refractivity contribution < 1.29 is 9.53 Å². The van der Waals surface area contributed by atoms with E-state index in [1.54, 1.807) is 0 Å². The smallest absolute Gasteiger partial charge is 0.338 e. The number of benzene rings is 1. The van der Waals surface area contributed by atoms with Crippen molar-refractivity contribution >= 4 is 16.9 Å². The van der Waals surface area contributed by atoms with Crippen molar-refractivity contribution in [1.82, 2.24) is 9.88 Å². The molecule has 23 heavy (non-hydrogen) atoms. The molecule has 1 saturated heterocycles. The topological polar surface area (TPSA) is 45.3 Å². The number of likely N-dealkylation sites (tertiary alicyclic amines) is 1. The highest BCUT2D eigenvalue weighted by Crippen LogP contribution is 2.22. The molecule has 0 spiro atoms. The molecule has 4 heteroatoms. The van der Waals surface area contributed by atoms with Gasteiger partial charge in [-0.3, -0.25) is 0 Å². The summed E-state index contributed by atoms with van der Waals surface area (Å²) in [5, 5.41) is 1.15. The van der Waals surface area contributed by atoms with E-state index in [0.717, 1.165) is 23.7 Å². The predicted molar refractivity (Wildman–Crippen MR) is 92.9 cm³/mol. The molecule has 1 aromatic carbocycles. The molecule has 0 atom stereocenters. The summed E-state index contributed by atoms with van der Waals surface area (Å²) in [5.74, 6) is -0.241. The summed E-state index contributed by atoms with van der Waals surface area (Å²) in [4.78, 5) is 17.8. The summed E-state index contributed by atoms with van der Waals surface area (Å²) in [6.45, 7) is 5.91. The van der Waals surface area contributed by atoms with Gasteiger partial charge in [-0.1, -0.05) is 6.42 Å². The van der Waals surface area contributed by atoms with Gasteiger partial charge in [-0.2, -0.15) is 0 Å². The second-order valence-electron chi connectivity index (χ2n) is 6.30. The molecule has 2 aromatic rings. The highest BCUT2D eigenvalue weighted by molar-refractivity contribution is 5.95. The fourth-order valence-electron chi connectivity index (χ4n) is 3.40. The number of ether oxygens (including phenoxy) is 1. The lowest BCUT2D eigenvalue weighted by atomic mass is 10.1. The van der Waals surface area contributed by atoms with Crippen molar-refractivity contribution in [1.29, 1.82) is 0 Å². The number of nitrogens with zero attached hydrogens (tertiary/aromatic N) is 1. The van der Waals surface area contributed by atoms with Gasteiger partial charge in [-0.05, 0) is 76.0 Å². The van der Waals surface area contributed by atoms with Crippen LogP contribution in [0.25, 0.3) is 10.9 Å². The van der Waals surface area contributed by atoms with Crippen LogP contribution in [0.1, 0.15) is 48.5 Å². The molecule has 2 heterocycles. The Morgan fingerprint density at radius 3 is 2.87 bits per heavy atom. The van der Waals surface area contributed by atoms with Gasteiger partial charge in [0, 0.05) is 17.1 Å². The summed E-state index contributed by atoms with van der Waals surface area (Å²) in [6.07, 6.45) is 8.36. The van der Waals surface area contributed by atoms with E-state index in [1.807, 2.05) is 25.1 Å². The average Bonchev–Trinajstić information content (AvgIpc) is 2.98. The Bertz CT molecular complexity index is 656. The zero-order chi connectivity index (χ0) is 16.1. The summed E-state index contributed by atoms with van der Waals surface area (Å²) in [5.41, 5.74) is 3.02. The van der Waals surface area contributed by atoms with Crippen molar-refractivity contribution in [3.05, 3.63) is 35.5 Å². The number of hydrogen-bond donors (Lipinski definition) is 1. The number of aryl methyl sites for hydroxylation is 1. The number of aromatic nitrogens is 1. The van der Waals surface area contributed by atoms with E-state index < -0.39 is 0 Å². The lowest BCUT2D eigenvalue weighted by Gasteiger charge is -2.26. The maximum Gasteiger partial charge on any atom is 0.338 e. The van der Waals surface area contributed by atoms with E-state index in [1.165, 1.54) is 44.5 Å². The molecule has 1 aliphatic rings. The van der Waals surface area contributed by atoms with Crippen LogP contribution in [-0.4, -0.2) is 42.1 Å². The zero-order valence-electron chi connectivity index (χ0n) is 13.9. The summed E-state index contributed by atoms with van der Waals surface area (Å²) in [6, 6.07) is 5.75. The summed E-state index contributed by atoms with van der Waals surface area (Å²) in [7, 11) is 0. The van der Waals surface area contributed by atoms with Gasteiger partial charge in [0.2, 0.25) is 0 Å². The molecule has 0 amide bonds. The molecule has 4 nitrogen and oxygen atoms in total. The van der Waals surface area contributed by atoms with Crippen LogP contribution >= 0.6 is 0 Å². The van der Waals surface area contributed by atoms with Crippen molar-refractivity contribution in [2.45, 2.75) is 39.0 Å². The maximum absolute atomic E-state index is 11.9. The number of fused-ring (bicyclic) bond motifs is 1. The van der Waals surface area contributed by atoms with E-state index in [0.29, 0.717) is 12.2 Å². The van der Waals surface area contributed by atoms with Gasteiger partial charge in [0.1, 0.15) is 0 Å². The molecule has 0 unspecified atom stereocenters. The Balaban J connectivity index is 1.65.